The molecule has 0 radical (unpaired) electrons. The molecule has 9 unspecified atom stereocenters. The number of aliphatic hydroxyl groups is 1. The van der Waals surface area contributed by atoms with Gasteiger partial charge in [0.2, 0.25) is 5.67 Å². The minimum absolute atomic E-state index is 0.0882. The SMILES string of the molecule is CCC(F)(C(=O)OC1(C)CC2CCC1C2)C1C2CC(CC(O)(C(F)(F)F)C(F)(F)F)C(C2)C1C. The van der Waals surface area contributed by atoms with E-state index in [2.05, 4.69) is 0 Å². The zero-order valence-electron chi connectivity index (χ0n) is 19.6. The summed E-state index contributed by atoms with van der Waals surface area (Å²) in [4.78, 5) is 13.2. The minimum Gasteiger partial charge on any atom is -0.457 e. The quantitative estimate of drug-likeness (QED) is 0.339. The summed E-state index contributed by atoms with van der Waals surface area (Å²) in [7, 11) is 0. The normalized spacial score (nSPS) is 41.7. The first-order valence-corrected chi connectivity index (χ1v) is 12.2. The van der Waals surface area contributed by atoms with Crippen LogP contribution in [-0.4, -0.2) is 40.3 Å². The summed E-state index contributed by atoms with van der Waals surface area (Å²) >= 11 is 0. The van der Waals surface area contributed by atoms with Crippen molar-refractivity contribution in [1.29, 1.82) is 0 Å². The fraction of sp³-hybridized carbons (Fsp3) is 0.958. The standard InChI is InChI=1S/C24H33F7O3/c1-4-21(25,19(32)34-20(3)10-13-5-6-16(20)7-13)18-12(2)17-9-14(18)8-15(17)11-22(33,23(26,27)28)24(29,30)31/h12-18,33H,4-11H2,1-3H3. The Morgan fingerprint density at radius 3 is 2.09 bits per heavy atom. The van der Waals surface area contributed by atoms with E-state index in [1.54, 1.807) is 6.92 Å². The average Bonchev–Trinajstić information content (AvgIpc) is 3.45. The highest BCUT2D eigenvalue weighted by molar-refractivity contribution is 5.80. The van der Waals surface area contributed by atoms with Crippen LogP contribution in [0.25, 0.3) is 0 Å². The molecule has 4 fully saturated rings. The molecule has 4 aliphatic carbocycles. The zero-order chi connectivity index (χ0) is 25.5. The Morgan fingerprint density at radius 2 is 1.65 bits per heavy atom. The topological polar surface area (TPSA) is 46.5 Å². The Labute approximate surface area is 194 Å². The summed E-state index contributed by atoms with van der Waals surface area (Å²) in [6.07, 6.45) is -9.65. The van der Waals surface area contributed by atoms with Crippen molar-refractivity contribution < 1.29 is 45.4 Å². The zero-order valence-corrected chi connectivity index (χ0v) is 19.6. The third-order valence-electron chi connectivity index (χ3n) is 9.84. The number of carbonyl (C=O) groups excluding carboxylic acids is 1. The Balaban J connectivity index is 1.50. The maximum absolute atomic E-state index is 16.4. The monoisotopic (exact) mass is 502 g/mol. The van der Waals surface area contributed by atoms with E-state index in [-0.39, 0.29) is 25.2 Å². The molecule has 0 saturated heterocycles. The third-order valence-corrected chi connectivity index (χ3v) is 9.84. The van der Waals surface area contributed by atoms with Crippen molar-refractivity contribution in [3.63, 3.8) is 0 Å². The van der Waals surface area contributed by atoms with Crippen LogP contribution in [0.5, 0.6) is 0 Å². The van der Waals surface area contributed by atoms with Crippen LogP contribution in [0.15, 0.2) is 0 Å². The fourth-order valence-electron chi connectivity index (χ4n) is 8.12. The predicted molar refractivity (Wildman–Crippen MR) is 108 cm³/mol. The number of halogens is 7. The summed E-state index contributed by atoms with van der Waals surface area (Å²) < 4.78 is 101. The maximum Gasteiger partial charge on any atom is 0.426 e. The molecule has 0 amide bonds. The van der Waals surface area contributed by atoms with Gasteiger partial charge in [0.15, 0.2) is 0 Å². The van der Waals surface area contributed by atoms with E-state index in [9.17, 15) is 36.2 Å². The highest BCUT2D eigenvalue weighted by Gasteiger charge is 2.72. The van der Waals surface area contributed by atoms with Gasteiger partial charge >= 0.3 is 18.3 Å². The van der Waals surface area contributed by atoms with E-state index in [4.69, 9.17) is 4.74 Å². The van der Waals surface area contributed by atoms with Crippen molar-refractivity contribution >= 4 is 5.97 Å². The molecular weight excluding hydrogens is 469 g/mol. The molecule has 4 aliphatic rings. The van der Waals surface area contributed by atoms with Crippen LogP contribution in [0, 0.1) is 41.4 Å². The summed E-state index contributed by atoms with van der Waals surface area (Å²) in [5, 5.41) is 9.66. The molecule has 0 spiro atoms. The van der Waals surface area contributed by atoms with Crippen molar-refractivity contribution in [2.45, 2.75) is 101 Å². The van der Waals surface area contributed by atoms with Crippen LogP contribution in [0.4, 0.5) is 30.7 Å². The van der Waals surface area contributed by atoms with Crippen LogP contribution in [0.2, 0.25) is 0 Å². The lowest BCUT2D eigenvalue weighted by atomic mass is 9.65. The van der Waals surface area contributed by atoms with Gasteiger partial charge in [-0.25, -0.2) is 9.18 Å². The molecular formula is C24H33F7O3. The highest BCUT2D eigenvalue weighted by Crippen LogP contribution is 2.63. The molecule has 0 aromatic carbocycles. The number of hydrogen-bond acceptors (Lipinski definition) is 3. The van der Waals surface area contributed by atoms with Crippen molar-refractivity contribution in [2.75, 3.05) is 0 Å². The summed E-state index contributed by atoms with van der Waals surface area (Å²) in [5.74, 6) is -4.00. The van der Waals surface area contributed by atoms with E-state index < -0.39 is 71.2 Å². The Hall–Kier alpha value is -1.06. The smallest absolute Gasteiger partial charge is 0.426 e. The number of rotatable bonds is 6. The molecule has 0 aromatic rings. The molecule has 0 heterocycles. The second kappa shape index (κ2) is 7.97. The Kier molecular flexibility index (Phi) is 6.10. The van der Waals surface area contributed by atoms with Crippen LogP contribution in [0.1, 0.15) is 72.1 Å². The number of alkyl halides is 7. The summed E-state index contributed by atoms with van der Waals surface area (Å²) in [5.41, 5.74) is -7.89. The van der Waals surface area contributed by atoms with Crippen LogP contribution in [-0.2, 0) is 9.53 Å². The first-order chi connectivity index (χ1) is 15.5. The van der Waals surface area contributed by atoms with Gasteiger partial charge in [-0.2, -0.15) is 26.3 Å². The summed E-state index contributed by atoms with van der Waals surface area (Å²) in [6.45, 7) is 4.95. The molecule has 10 heteroatoms. The molecule has 0 aliphatic heterocycles. The van der Waals surface area contributed by atoms with Gasteiger partial charge in [0.25, 0.3) is 5.60 Å². The molecule has 4 rings (SSSR count). The van der Waals surface area contributed by atoms with Crippen LogP contribution in [0.3, 0.4) is 0 Å². The van der Waals surface area contributed by atoms with E-state index in [1.165, 1.54) is 6.92 Å². The van der Waals surface area contributed by atoms with Gasteiger partial charge in [0.05, 0.1) is 0 Å². The van der Waals surface area contributed by atoms with Crippen molar-refractivity contribution in [2.24, 2.45) is 41.4 Å². The van der Waals surface area contributed by atoms with E-state index in [0.717, 1.165) is 19.3 Å². The minimum atomic E-state index is -5.87. The second-order valence-corrected chi connectivity index (χ2v) is 11.6. The van der Waals surface area contributed by atoms with E-state index in [0.29, 0.717) is 12.3 Å². The van der Waals surface area contributed by atoms with Crippen molar-refractivity contribution in [1.82, 2.24) is 0 Å². The number of fused-ring (bicyclic) bond motifs is 4. The first kappa shape index (κ1) is 26.0. The van der Waals surface area contributed by atoms with E-state index in [1.807, 2.05) is 6.92 Å². The molecule has 9 atom stereocenters. The Morgan fingerprint density at radius 1 is 1.03 bits per heavy atom. The van der Waals surface area contributed by atoms with Crippen LogP contribution < -0.4 is 0 Å². The van der Waals surface area contributed by atoms with E-state index >= 15 is 4.39 Å². The van der Waals surface area contributed by atoms with Gasteiger partial charge in [-0.05, 0) is 93.8 Å². The van der Waals surface area contributed by atoms with Crippen LogP contribution >= 0.6 is 0 Å². The largest absolute Gasteiger partial charge is 0.457 e. The van der Waals surface area contributed by atoms with Gasteiger partial charge in [-0.3, -0.25) is 0 Å². The average molecular weight is 503 g/mol. The summed E-state index contributed by atoms with van der Waals surface area (Å²) in [6, 6.07) is 0. The number of carbonyl (C=O) groups is 1. The maximum atomic E-state index is 16.4. The molecule has 1 N–H and O–H groups in total. The van der Waals surface area contributed by atoms with Crippen molar-refractivity contribution in [3.8, 4) is 0 Å². The lowest BCUT2D eigenvalue weighted by Crippen LogP contribution is -2.58. The van der Waals surface area contributed by atoms with Gasteiger partial charge in [-0.15, -0.1) is 0 Å². The second-order valence-electron chi connectivity index (χ2n) is 11.6. The number of hydrogen-bond donors (Lipinski definition) is 1. The van der Waals surface area contributed by atoms with Crippen molar-refractivity contribution in [3.05, 3.63) is 0 Å². The fourth-order valence-corrected chi connectivity index (χ4v) is 8.12. The molecule has 4 bridgehead atoms. The van der Waals surface area contributed by atoms with Gasteiger partial charge in [-0.1, -0.05) is 13.8 Å². The van der Waals surface area contributed by atoms with Gasteiger partial charge < -0.3 is 9.84 Å². The lowest BCUT2D eigenvalue weighted by molar-refractivity contribution is -0.373. The Bertz CT molecular complexity index is 795. The number of esters is 1. The third kappa shape index (κ3) is 3.76. The first-order valence-electron chi connectivity index (χ1n) is 12.2. The molecule has 34 heavy (non-hydrogen) atoms. The van der Waals surface area contributed by atoms with Gasteiger partial charge in [0.1, 0.15) is 5.60 Å². The van der Waals surface area contributed by atoms with Gasteiger partial charge in [0, 0.05) is 5.92 Å². The molecule has 3 nitrogen and oxygen atoms in total. The lowest BCUT2D eigenvalue weighted by Gasteiger charge is -2.44. The highest BCUT2D eigenvalue weighted by atomic mass is 19.4. The predicted octanol–water partition coefficient (Wildman–Crippen LogP) is 6.38. The molecule has 0 aromatic heterocycles. The molecule has 4 saturated carbocycles. The molecule has 196 valence electrons. The number of ether oxygens (including phenoxy) is 1.